The molecule has 0 radical (unpaired) electrons. The van der Waals surface area contributed by atoms with Gasteiger partial charge in [-0.15, -0.1) is 0 Å². The Morgan fingerprint density at radius 1 is 1.10 bits per heavy atom. The minimum absolute atomic E-state index is 0.788. The second-order valence-corrected chi connectivity index (χ2v) is 5.23. The fourth-order valence-electron chi connectivity index (χ4n) is 2.49. The van der Waals surface area contributed by atoms with Crippen LogP contribution in [0.3, 0.4) is 0 Å². The van der Waals surface area contributed by atoms with Gasteiger partial charge in [0.05, 0.1) is 0 Å². The van der Waals surface area contributed by atoms with E-state index in [2.05, 4.69) is 44.5 Å². The van der Waals surface area contributed by atoms with E-state index in [0.717, 1.165) is 37.1 Å². The fourth-order valence-corrected chi connectivity index (χ4v) is 2.49. The highest BCUT2D eigenvalue weighted by Crippen LogP contribution is 2.18. The first kappa shape index (κ1) is 12.9. The van der Waals surface area contributed by atoms with Gasteiger partial charge in [-0.2, -0.15) is 4.98 Å². The molecule has 0 bridgehead atoms. The SMILES string of the molecule is Cc1cc(NCc2ccccc2)nc(N2CCCC2)n1. The highest BCUT2D eigenvalue weighted by Gasteiger charge is 2.15. The van der Waals surface area contributed by atoms with E-state index < -0.39 is 0 Å². The number of nitrogens with zero attached hydrogens (tertiary/aromatic N) is 3. The van der Waals surface area contributed by atoms with Gasteiger partial charge < -0.3 is 10.2 Å². The second kappa shape index (κ2) is 5.90. The molecule has 1 aromatic heterocycles. The molecule has 0 spiro atoms. The maximum absolute atomic E-state index is 4.63. The van der Waals surface area contributed by atoms with Crippen LogP contribution in [0.15, 0.2) is 36.4 Å². The van der Waals surface area contributed by atoms with E-state index in [1.165, 1.54) is 18.4 Å². The van der Waals surface area contributed by atoms with Crippen molar-refractivity contribution < 1.29 is 0 Å². The van der Waals surface area contributed by atoms with Crippen molar-refractivity contribution in [1.29, 1.82) is 0 Å². The van der Waals surface area contributed by atoms with Crippen molar-refractivity contribution in [3.8, 4) is 0 Å². The lowest BCUT2D eigenvalue weighted by atomic mass is 10.2. The van der Waals surface area contributed by atoms with Crippen LogP contribution in [0, 0.1) is 6.92 Å². The Morgan fingerprint density at radius 3 is 2.60 bits per heavy atom. The summed E-state index contributed by atoms with van der Waals surface area (Å²) < 4.78 is 0. The molecular formula is C16H20N4. The van der Waals surface area contributed by atoms with E-state index in [0.29, 0.717) is 0 Å². The lowest BCUT2D eigenvalue weighted by Crippen LogP contribution is -2.21. The summed E-state index contributed by atoms with van der Waals surface area (Å²) in [6.45, 7) is 4.95. The number of rotatable bonds is 4. The molecule has 3 rings (SSSR count). The smallest absolute Gasteiger partial charge is 0.227 e. The van der Waals surface area contributed by atoms with Crippen LogP contribution in [0.2, 0.25) is 0 Å². The maximum Gasteiger partial charge on any atom is 0.227 e. The molecule has 0 unspecified atom stereocenters. The number of benzene rings is 1. The zero-order valence-corrected chi connectivity index (χ0v) is 11.8. The van der Waals surface area contributed by atoms with Gasteiger partial charge in [0, 0.05) is 31.4 Å². The van der Waals surface area contributed by atoms with Gasteiger partial charge in [-0.1, -0.05) is 30.3 Å². The average molecular weight is 268 g/mol. The van der Waals surface area contributed by atoms with Crippen LogP contribution in [-0.2, 0) is 6.54 Å². The molecule has 2 aromatic rings. The van der Waals surface area contributed by atoms with Gasteiger partial charge in [0.1, 0.15) is 5.82 Å². The lowest BCUT2D eigenvalue weighted by molar-refractivity contribution is 0.887. The van der Waals surface area contributed by atoms with Gasteiger partial charge in [0.15, 0.2) is 0 Å². The van der Waals surface area contributed by atoms with Crippen molar-refractivity contribution in [3.63, 3.8) is 0 Å². The largest absolute Gasteiger partial charge is 0.366 e. The normalized spacial score (nSPS) is 14.6. The monoisotopic (exact) mass is 268 g/mol. The van der Waals surface area contributed by atoms with E-state index >= 15 is 0 Å². The van der Waals surface area contributed by atoms with Gasteiger partial charge in [-0.25, -0.2) is 4.98 Å². The highest BCUT2D eigenvalue weighted by molar-refractivity contribution is 5.44. The number of hydrogen-bond acceptors (Lipinski definition) is 4. The molecule has 2 heterocycles. The topological polar surface area (TPSA) is 41.1 Å². The fraction of sp³-hybridized carbons (Fsp3) is 0.375. The van der Waals surface area contributed by atoms with Crippen LogP contribution in [-0.4, -0.2) is 23.1 Å². The van der Waals surface area contributed by atoms with Crippen LogP contribution in [0.5, 0.6) is 0 Å². The summed E-state index contributed by atoms with van der Waals surface area (Å²) in [7, 11) is 0. The molecule has 0 aliphatic carbocycles. The molecule has 1 aliphatic rings. The molecule has 1 N–H and O–H groups in total. The molecule has 4 nitrogen and oxygen atoms in total. The highest BCUT2D eigenvalue weighted by atomic mass is 15.3. The molecule has 0 saturated carbocycles. The number of nitrogens with one attached hydrogen (secondary N) is 1. The quantitative estimate of drug-likeness (QED) is 0.925. The minimum atomic E-state index is 0.788. The first-order valence-corrected chi connectivity index (χ1v) is 7.20. The molecule has 1 saturated heterocycles. The van der Waals surface area contributed by atoms with E-state index in [1.54, 1.807) is 0 Å². The molecule has 1 aliphatic heterocycles. The standard InChI is InChI=1S/C16H20N4/c1-13-11-15(17-12-14-7-3-2-4-8-14)19-16(18-13)20-9-5-6-10-20/h2-4,7-8,11H,5-6,9-10,12H2,1H3,(H,17,18,19). The van der Waals surface area contributed by atoms with Crippen LogP contribution in [0.1, 0.15) is 24.1 Å². The molecule has 1 aromatic carbocycles. The molecule has 4 heteroatoms. The van der Waals surface area contributed by atoms with Crippen molar-refractivity contribution in [3.05, 3.63) is 47.7 Å². The summed E-state index contributed by atoms with van der Waals surface area (Å²) in [5.74, 6) is 1.77. The van der Waals surface area contributed by atoms with Crippen molar-refractivity contribution in [2.24, 2.45) is 0 Å². The summed E-state index contributed by atoms with van der Waals surface area (Å²) in [5.41, 5.74) is 2.27. The summed E-state index contributed by atoms with van der Waals surface area (Å²) in [6.07, 6.45) is 2.48. The number of aryl methyl sites for hydroxylation is 1. The second-order valence-electron chi connectivity index (χ2n) is 5.23. The summed E-state index contributed by atoms with van der Waals surface area (Å²) in [4.78, 5) is 11.4. The van der Waals surface area contributed by atoms with Crippen LogP contribution < -0.4 is 10.2 Å². The van der Waals surface area contributed by atoms with Crippen molar-refractivity contribution in [2.45, 2.75) is 26.3 Å². The predicted octanol–water partition coefficient (Wildman–Crippen LogP) is 3.00. The third-order valence-corrected chi connectivity index (χ3v) is 3.55. The molecule has 20 heavy (non-hydrogen) atoms. The Hall–Kier alpha value is -2.10. The molecule has 1 fully saturated rings. The van der Waals surface area contributed by atoms with Crippen molar-refractivity contribution in [1.82, 2.24) is 9.97 Å². The van der Waals surface area contributed by atoms with Gasteiger partial charge in [-0.05, 0) is 25.3 Å². The van der Waals surface area contributed by atoms with Crippen molar-refractivity contribution in [2.75, 3.05) is 23.3 Å². The van der Waals surface area contributed by atoms with Crippen LogP contribution in [0.4, 0.5) is 11.8 Å². The minimum Gasteiger partial charge on any atom is -0.366 e. The Kier molecular flexibility index (Phi) is 3.81. The van der Waals surface area contributed by atoms with Gasteiger partial charge >= 0.3 is 0 Å². The molecule has 0 amide bonds. The summed E-state index contributed by atoms with van der Waals surface area (Å²) >= 11 is 0. The Labute approximate surface area is 119 Å². The maximum atomic E-state index is 4.63. The van der Waals surface area contributed by atoms with Gasteiger partial charge in [0.2, 0.25) is 5.95 Å². The number of anilines is 2. The number of aromatic nitrogens is 2. The zero-order chi connectivity index (χ0) is 13.8. The van der Waals surface area contributed by atoms with Gasteiger partial charge in [-0.3, -0.25) is 0 Å². The Morgan fingerprint density at radius 2 is 1.85 bits per heavy atom. The third kappa shape index (κ3) is 3.07. The van der Waals surface area contributed by atoms with E-state index in [1.807, 2.05) is 19.1 Å². The van der Waals surface area contributed by atoms with Crippen molar-refractivity contribution >= 4 is 11.8 Å². The Bertz CT molecular complexity index is 562. The predicted molar refractivity (Wildman–Crippen MR) is 82.0 cm³/mol. The first-order chi connectivity index (χ1) is 9.81. The average Bonchev–Trinajstić information content (AvgIpc) is 3.00. The summed E-state index contributed by atoms with van der Waals surface area (Å²) in [5, 5.41) is 3.39. The molecule has 104 valence electrons. The van der Waals surface area contributed by atoms with Gasteiger partial charge in [0.25, 0.3) is 0 Å². The molecular weight excluding hydrogens is 248 g/mol. The third-order valence-electron chi connectivity index (χ3n) is 3.55. The molecule has 0 atom stereocenters. The lowest BCUT2D eigenvalue weighted by Gasteiger charge is -2.17. The first-order valence-electron chi connectivity index (χ1n) is 7.20. The summed E-state index contributed by atoms with van der Waals surface area (Å²) in [6, 6.07) is 12.4. The Balaban J connectivity index is 1.72. The van der Waals surface area contributed by atoms with E-state index in [4.69, 9.17) is 0 Å². The van der Waals surface area contributed by atoms with Crippen LogP contribution >= 0.6 is 0 Å². The zero-order valence-electron chi connectivity index (χ0n) is 11.8. The van der Waals surface area contributed by atoms with Crippen LogP contribution in [0.25, 0.3) is 0 Å². The van der Waals surface area contributed by atoms with E-state index in [9.17, 15) is 0 Å². The van der Waals surface area contributed by atoms with E-state index in [-0.39, 0.29) is 0 Å². The number of hydrogen-bond donors (Lipinski definition) is 1.